The highest BCUT2D eigenvalue weighted by Crippen LogP contribution is 2.28. The monoisotopic (exact) mass is 403 g/mol. The zero-order valence-electron chi connectivity index (χ0n) is 17.2. The predicted octanol–water partition coefficient (Wildman–Crippen LogP) is 3.55. The standard InChI is InChI=1S/C23H25N5O2/c1-27-20-9-4-3-8-18(20)25-22(27)14-28-10-11-30-15-21(28)23-24-13-19(26-23)16-6-5-7-17(12-16)29-2/h3-9,12-13,21H,10-11,14-15H2,1-2H3,(H,24,26)/t21-/m0/s1. The molecule has 1 fully saturated rings. The van der Waals surface area contributed by atoms with E-state index in [1.54, 1.807) is 7.11 Å². The molecule has 0 bridgehead atoms. The summed E-state index contributed by atoms with van der Waals surface area (Å²) in [6.45, 7) is 2.90. The molecule has 2 aromatic heterocycles. The lowest BCUT2D eigenvalue weighted by atomic mass is 10.1. The molecule has 1 aliphatic rings. The molecule has 0 aliphatic carbocycles. The van der Waals surface area contributed by atoms with E-state index in [1.165, 1.54) is 0 Å². The van der Waals surface area contributed by atoms with Crippen molar-refractivity contribution in [1.29, 1.82) is 0 Å². The predicted molar refractivity (Wildman–Crippen MR) is 115 cm³/mol. The minimum atomic E-state index is 0.0536. The molecule has 0 amide bonds. The maximum Gasteiger partial charge on any atom is 0.126 e. The molecule has 5 rings (SSSR count). The molecule has 1 aliphatic heterocycles. The average Bonchev–Trinajstić information content (AvgIpc) is 3.40. The van der Waals surface area contributed by atoms with Crippen LogP contribution in [-0.4, -0.2) is 51.3 Å². The van der Waals surface area contributed by atoms with Crippen LogP contribution in [0.5, 0.6) is 5.75 Å². The maximum absolute atomic E-state index is 5.80. The van der Waals surface area contributed by atoms with Crippen molar-refractivity contribution in [3.05, 3.63) is 66.4 Å². The van der Waals surface area contributed by atoms with Gasteiger partial charge in [-0.15, -0.1) is 0 Å². The SMILES string of the molecule is COc1cccc(-c2cnc([C@@H]3COCCN3Cc3nc4ccccc4n3C)[nH]2)c1. The van der Waals surface area contributed by atoms with Crippen molar-refractivity contribution in [1.82, 2.24) is 24.4 Å². The number of morpholine rings is 1. The molecule has 0 radical (unpaired) electrons. The Morgan fingerprint density at radius 1 is 1.20 bits per heavy atom. The molecule has 2 aromatic carbocycles. The van der Waals surface area contributed by atoms with E-state index in [0.29, 0.717) is 13.2 Å². The first-order chi connectivity index (χ1) is 14.7. The van der Waals surface area contributed by atoms with E-state index in [4.69, 9.17) is 14.5 Å². The first-order valence-corrected chi connectivity index (χ1v) is 10.1. The molecule has 30 heavy (non-hydrogen) atoms. The molecular formula is C23H25N5O2. The summed E-state index contributed by atoms with van der Waals surface area (Å²) in [5.41, 5.74) is 4.19. The molecule has 0 saturated carbocycles. The largest absolute Gasteiger partial charge is 0.497 e. The zero-order chi connectivity index (χ0) is 20.5. The molecular weight excluding hydrogens is 378 g/mol. The minimum absolute atomic E-state index is 0.0536. The second-order valence-electron chi connectivity index (χ2n) is 7.55. The van der Waals surface area contributed by atoms with Gasteiger partial charge in [0.25, 0.3) is 0 Å². The Labute approximate surface area is 175 Å². The van der Waals surface area contributed by atoms with Crippen LogP contribution in [0.15, 0.2) is 54.7 Å². The van der Waals surface area contributed by atoms with Crippen molar-refractivity contribution in [3.8, 4) is 17.0 Å². The summed E-state index contributed by atoms with van der Waals surface area (Å²) in [4.78, 5) is 15.4. The normalized spacial score (nSPS) is 17.5. The lowest BCUT2D eigenvalue weighted by Crippen LogP contribution is -2.40. The lowest BCUT2D eigenvalue weighted by molar-refractivity contribution is -0.0170. The Morgan fingerprint density at radius 2 is 2.10 bits per heavy atom. The molecule has 4 aromatic rings. The topological polar surface area (TPSA) is 68.2 Å². The Morgan fingerprint density at radius 3 is 2.97 bits per heavy atom. The van der Waals surface area contributed by atoms with E-state index in [2.05, 4.69) is 38.6 Å². The van der Waals surface area contributed by atoms with Crippen LogP contribution in [0.4, 0.5) is 0 Å². The van der Waals surface area contributed by atoms with Crippen LogP contribution in [0.3, 0.4) is 0 Å². The highest BCUT2D eigenvalue weighted by Gasteiger charge is 2.28. The number of methoxy groups -OCH3 is 1. The number of ether oxygens (including phenoxy) is 2. The fraction of sp³-hybridized carbons (Fsp3) is 0.304. The molecule has 7 heteroatoms. The number of aromatic nitrogens is 4. The molecule has 1 atom stereocenters. The van der Waals surface area contributed by atoms with E-state index in [1.807, 2.05) is 42.6 Å². The van der Waals surface area contributed by atoms with Crippen molar-refractivity contribution >= 4 is 11.0 Å². The quantitative estimate of drug-likeness (QED) is 0.552. The van der Waals surface area contributed by atoms with Crippen LogP contribution < -0.4 is 4.74 Å². The smallest absolute Gasteiger partial charge is 0.126 e. The van der Waals surface area contributed by atoms with Crippen LogP contribution in [0.2, 0.25) is 0 Å². The van der Waals surface area contributed by atoms with Gasteiger partial charge in [-0.05, 0) is 24.3 Å². The van der Waals surface area contributed by atoms with Crippen LogP contribution in [0.25, 0.3) is 22.3 Å². The van der Waals surface area contributed by atoms with Crippen molar-refractivity contribution in [3.63, 3.8) is 0 Å². The van der Waals surface area contributed by atoms with E-state index in [0.717, 1.165) is 52.8 Å². The van der Waals surface area contributed by atoms with Gasteiger partial charge in [0.1, 0.15) is 17.4 Å². The maximum atomic E-state index is 5.80. The first-order valence-electron chi connectivity index (χ1n) is 10.1. The average molecular weight is 403 g/mol. The number of nitrogens with zero attached hydrogens (tertiary/aromatic N) is 4. The third-order valence-electron chi connectivity index (χ3n) is 5.76. The van der Waals surface area contributed by atoms with Crippen LogP contribution >= 0.6 is 0 Å². The summed E-state index contributed by atoms with van der Waals surface area (Å²) in [7, 11) is 3.75. The van der Waals surface area contributed by atoms with Crippen molar-refractivity contribution in [2.75, 3.05) is 26.9 Å². The fourth-order valence-electron chi connectivity index (χ4n) is 4.04. The van der Waals surface area contributed by atoms with Gasteiger partial charge >= 0.3 is 0 Å². The number of para-hydroxylation sites is 2. The van der Waals surface area contributed by atoms with Gasteiger partial charge in [-0.3, -0.25) is 4.90 Å². The van der Waals surface area contributed by atoms with Gasteiger partial charge in [0.05, 0.1) is 55.8 Å². The zero-order valence-corrected chi connectivity index (χ0v) is 17.2. The molecule has 7 nitrogen and oxygen atoms in total. The molecule has 3 heterocycles. The van der Waals surface area contributed by atoms with E-state index >= 15 is 0 Å². The Kier molecular flexibility index (Phi) is 4.98. The first kappa shape index (κ1) is 18.8. The van der Waals surface area contributed by atoms with Gasteiger partial charge in [0, 0.05) is 19.2 Å². The summed E-state index contributed by atoms with van der Waals surface area (Å²) in [6, 6.07) is 16.3. The van der Waals surface area contributed by atoms with Crippen LogP contribution in [0.1, 0.15) is 17.7 Å². The number of hydrogen-bond donors (Lipinski definition) is 1. The highest BCUT2D eigenvalue weighted by atomic mass is 16.5. The van der Waals surface area contributed by atoms with Crippen molar-refractivity contribution in [2.45, 2.75) is 12.6 Å². The van der Waals surface area contributed by atoms with Gasteiger partial charge in [0.15, 0.2) is 0 Å². The second kappa shape index (κ2) is 7.93. The Balaban J connectivity index is 1.41. The third kappa shape index (κ3) is 3.46. The summed E-state index contributed by atoms with van der Waals surface area (Å²) in [5, 5.41) is 0. The lowest BCUT2D eigenvalue weighted by Gasteiger charge is -2.34. The molecule has 0 spiro atoms. The number of aryl methyl sites for hydroxylation is 1. The van der Waals surface area contributed by atoms with Gasteiger partial charge in [-0.2, -0.15) is 0 Å². The number of hydrogen-bond acceptors (Lipinski definition) is 5. The summed E-state index contributed by atoms with van der Waals surface area (Å²) < 4.78 is 13.3. The third-order valence-corrected chi connectivity index (χ3v) is 5.76. The van der Waals surface area contributed by atoms with Crippen molar-refractivity contribution < 1.29 is 9.47 Å². The van der Waals surface area contributed by atoms with E-state index in [9.17, 15) is 0 Å². The summed E-state index contributed by atoms with van der Waals surface area (Å²) in [6.07, 6.45) is 1.88. The van der Waals surface area contributed by atoms with Crippen LogP contribution in [0, 0.1) is 0 Å². The molecule has 154 valence electrons. The summed E-state index contributed by atoms with van der Waals surface area (Å²) in [5.74, 6) is 2.78. The molecule has 0 unspecified atom stereocenters. The number of benzene rings is 2. The Hall–Kier alpha value is -3.16. The number of aromatic amines is 1. The minimum Gasteiger partial charge on any atom is -0.497 e. The van der Waals surface area contributed by atoms with Gasteiger partial charge in [0.2, 0.25) is 0 Å². The number of imidazole rings is 2. The van der Waals surface area contributed by atoms with Gasteiger partial charge < -0.3 is 19.0 Å². The Bertz CT molecular complexity index is 1170. The van der Waals surface area contributed by atoms with Gasteiger partial charge in [-0.1, -0.05) is 24.3 Å². The molecule has 1 saturated heterocycles. The summed E-state index contributed by atoms with van der Waals surface area (Å²) >= 11 is 0. The van der Waals surface area contributed by atoms with E-state index in [-0.39, 0.29) is 6.04 Å². The van der Waals surface area contributed by atoms with E-state index < -0.39 is 0 Å². The number of nitrogens with one attached hydrogen (secondary N) is 1. The number of fused-ring (bicyclic) bond motifs is 1. The van der Waals surface area contributed by atoms with Crippen LogP contribution in [-0.2, 0) is 18.3 Å². The number of rotatable bonds is 5. The molecule has 1 N–H and O–H groups in total. The van der Waals surface area contributed by atoms with Crippen molar-refractivity contribution in [2.24, 2.45) is 7.05 Å². The number of H-pyrrole nitrogens is 1. The highest BCUT2D eigenvalue weighted by molar-refractivity contribution is 5.75. The second-order valence-corrected chi connectivity index (χ2v) is 7.55. The van der Waals surface area contributed by atoms with Gasteiger partial charge in [-0.25, -0.2) is 9.97 Å². The fourth-order valence-corrected chi connectivity index (χ4v) is 4.04.